The van der Waals surface area contributed by atoms with Crippen LogP contribution in [0.1, 0.15) is 12.0 Å². The zero-order valence-electron chi connectivity index (χ0n) is 15.7. The second-order valence-corrected chi connectivity index (χ2v) is 6.36. The van der Waals surface area contributed by atoms with E-state index in [9.17, 15) is 9.18 Å². The molecule has 27 heavy (non-hydrogen) atoms. The van der Waals surface area contributed by atoms with Crippen molar-refractivity contribution in [3.05, 3.63) is 47.9 Å². The van der Waals surface area contributed by atoms with Gasteiger partial charge < -0.3 is 19.3 Å². The zero-order valence-corrected chi connectivity index (χ0v) is 15.7. The molecule has 1 aliphatic rings. The number of hydrogen-bond acceptors (Lipinski definition) is 5. The third kappa shape index (κ3) is 4.48. The van der Waals surface area contributed by atoms with E-state index in [2.05, 4.69) is 9.88 Å². The van der Waals surface area contributed by atoms with Crippen LogP contribution >= 0.6 is 0 Å². The SMILES string of the molecule is COc1ccc(N2CCN(C(=O)CCc3cccc(OC)c3F)CC2)nc1. The van der Waals surface area contributed by atoms with Crippen molar-refractivity contribution < 1.29 is 18.7 Å². The molecular formula is C20H24FN3O3. The molecule has 1 aromatic heterocycles. The van der Waals surface area contributed by atoms with E-state index in [1.807, 2.05) is 17.0 Å². The first-order valence-electron chi connectivity index (χ1n) is 8.96. The molecule has 0 saturated carbocycles. The van der Waals surface area contributed by atoms with Gasteiger partial charge in [0.1, 0.15) is 11.6 Å². The summed E-state index contributed by atoms with van der Waals surface area (Å²) in [7, 11) is 3.04. The number of halogens is 1. The predicted octanol–water partition coefficient (Wildman–Crippen LogP) is 2.52. The Hall–Kier alpha value is -2.83. The first kappa shape index (κ1) is 18.9. The number of carbonyl (C=O) groups is 1. The number of rotatable bonds is 6. The molecule has 1 fully saturated rings. The van der Waals surface area contributed by atoms with Crippen molar-refractivity contribution >= 4 is 11.7 Å². The molecule has 0 aliphatic carbocycles. The van der Waals surface area contributed by atoms with Gasteiger partial charge in [-0.1, -0.05) is 12.1 Å². The number of hydrogen-bond donors (Lipinski definition) is 0. The number of anilines is 1. The quantitative estimate of drug-likeness (QED) is 0.779. The summed E-state index contributed by atoms with van der Waals surface area (Å²) in [5.74, 6) is 1.46. The topological polar surface area (TPSA) is 54.9 Å². The van der Waals surface area contributed by atoms with Crippen LogP contribution in [-0.4, -0.2) is 56.2 Å². The van der Waals surface area contributed by atoms with Crippen LogP contribution in [0.15, 0.2) is 36.5 Å². The van der Waals surface area contributed by atoms with Gasteiger partial charge in [0.25, 0.3) is 0 Å². The molecule has 2 aromatic rings. The highest BCUT2D eigenvalue weighted by Gasteiger charge is 2.22. The summed E-state index contributed by atoms with van der Waals surface area (Å²) >= 11 is 0. The van der Waals surface area contributed by atoms with E-state index in [1.54, 1.807) is 31.5 Å². The smallest absolute Gasteiger partial charge is 0.223 e. The Bertz CT molecular complexity index is 775. The van der Waals surface area contributed by atoms with Crippen molar-refractivity contribution in [3.8, 4) is 11.5 Å². The highest BCUT2D eigenvalue weighted by Crippen LogP contribution is 2.22. The minimum atomic E-state index is -0.386. The van der Waals surface area contributed by atoms with E-state index in [1.165, 1.54) is 7.11 Å². The zero-order chi connectivity index (χ0) is 19.2. The standard InChI is InChI=1S/C20H24FN3O3/c1-26-16-7-8-18(22-14-16)23-10-12-24(13-11-23)19(25)9-6-15-4-3-5-17(27-2)20(15)21/h3-5,7-8,14H,6,9-13H2,1-2H3. The summed E-state index contributed by atoms with van der Waals surface area (Å²) in [6.07, 6.45) is 2.34. The van der Waals surface area contributed by atoms with Crippen molar-refractivity contribution in [2.45, 2.75) is 12.8 Å². The molecule has 0 N–H and O–H groups in total. The Morgan fingerprint density at radius 2 is 1.89 bits per heavy atom. The summed E-state index contributed by atoms with van der Waals surface area (Å²) < 4.78 is 24.3. The number of aromatic nitrogens is 1. The molecule has 1 amide bonds. The van der Waals surface area contributed by atoms with Crippen LogP contribution in [0.3, 0.4) is 0 Å². The highest BCUT2D eigenvalue weighted by molar-refractivity contribution is 5.76. The van der Waals surface area contributed by atoms with Crippen molar-refractivity contribution in [2.24, 2.45) is 0 Å². The van der Waals surface area contributed by atoms with Gasteiger partial charge in [-0.05, 0) is 30.2 Å². The van der Waals surface area contributed by atoms with Crippen LogP contribution in [0.5, 0.6) is 11.5 Å². The Balaban J connectivity index is 1.51. The molecule has 6 nitrogen and oxygen atoms in total. The number of aryl methyl sites for hydroxylation is 1. The van der Waals surface area contributed by atoms with Gasteiger partial charge in [-0.2, -0.15) is 0 Å². The van der Waals surface area contributed by atoms with Gasteiger partial charge in [0, 0.05) is 32.6 Å². The number of pyridine rings is 1. The number of piperazine rings is 1. The van der Waals surface area contributed by atoms with Gasteiger partial charge in [0.05, 0.1) is 20.4 Å². The third-order valence-corrected chi connectivity index (χ3v) is 4.78. The van der Waals surface area contributed by atoms with Crippen molar-refractivity contribution in [1.82, 2.24) is 9.88 Å². The van der Waals surface area contributed by atoms with Crippen LogP contribution < -0.4 is 14.4 Å². The first-order valence-corrected chi connectivity index (χ1v) is 8.96. The minimum absolute atomic E-state index is 0.0413. The molecule has 0 radical (unpaired) electrons. The second-order valence-electron chi connectivity index (χ2n) is 6.36. The number of ether oxygens (including phenoxy) is 2. The van der Waals surface area contributed by atoms with Gasteiger partial charge in [0.2, 0.25) is 5.91 Å². The number of methoxy groups -OCH3 is 2. The van der Waals surface area contributed by atoms with E-state index in [0.29, 0.717) is 25.1 Å². The lowest BCUT2D eigenvalue weighted by molar-refractivity contribution is -0.131. The van der Waals surface area contributed by atoms with Gasteiger partial charge in [-0.15, -0.1) is 0 Å². The fraction of sp³-hybridized carbons (Fsp3) is 0.400. The minimum Gasteiger partial charge on any atom is -0.495 e. The van der Waals surface area contributed by atoms with Crippen LogP contribution in [0, 0.1) is 5.82 Å². The summed E-state index contributed by atoms with van der Waals surface area (Å²) in [6.45, 7) is 2.71. The maximum absolute atomic E-state index is 14.2. The summed E-state index contributed by atoms with van der Waals surface area (Å²) in [6, 6.07) is 8.80. The normalized spacial score (nSPS) is 14.2. The summed E-state index contributed by atoms with van der Waals surface area (Å²) in [4.78, 5) is 20.8. The van der Waals surface area contributed by atoms with Crippen LogP contribution in [0.4, 0.5) is 10.2 Å². The van der Waals surface area contributed by atoms with Crippen LogP contribution in [0.25, 0.3) is 0 Å². The third-order valence-electron chi connectivity index (χ3n) is 4.78. The van der Waals surface area contributed by atoms with Crippen molar-refractivity contribution in [2.75, 3.05) is 45.3 Å². The van der Waals surface area contributed by atoms with Crippen molar-refractivity contribution in [1.29, 1.82) is 0 Å². The highest BCUT2D eigenvalue weighted by atomic mass is 19.1. The molecule has 0 unspecified atom stereocenters. The molecule has 0 bridgehead atoms. The summed E-state index contributed by atoms with van der Waals surface area (Å²) in [5.41, 5.74) is 0.503. The van der Waals surface area contributed by atoms with Gasteiger partial charge in [-0.25, -0.2) is 9.37 Å². The number of benzene rings is 1. The van der Waals surface area contributed by atoms with E-state index in [4.69, 9.17) is 9.47 Å². The Morgan fingerprint density at radius 3 is 2.52 bits per heavy atom. The number of carbonyl (C=O) groups excluding carboxylic acids is 1. The number of amides is 1. The van der Waals surface area contributed by atoms with E-state index in [-0.39, 0.29) is 23.9 Å². The Labute approximate surface area is 158 Å². The predicted molar refractivity (Wildman–Crippen MR) is 101 cm³/mol. The largest absolute Gasteiger partial charge is 0.495 e. The van der Waals surface area contributed by atoms with Gasteiger partial charge in [0.15, 0.2) is 11.6 Å². The van der Waals surface area contributed by atoms with Crippen LogP contribution in [-0.2, 0) is 11.2 Å². The molecular weight excluding hydrogens is 349 g/mol. The average molecular weight is 373 g/mol. The maximum Gasteiger partial charge on any atom is 0.223 e. The monoisotopic (exact) mass is 373 g/mol. The van der Waals surface area contributed by atoms with Gasteiger partial charge >= 0.3 is 0 Å². The van der Waals surface area contributed by atoms with E-state index in [0.717, 1.165) is 24.7 Å². The van der Waals surface area contributed by atoms with Gasteiger partial charge in [-0.3, -0.25) is 4.79 Å². The number of nitrogens with zero attached hydrogens (tertiary/aromatic N) is 3. The first-order chi connectivity index (χ1) is 13.1. The lowest BCUT2D eigenvalue weighted by atomic mass is 10.1. The molecule has 1 saturated heterocycles. The van der Waals surface area contributed by atoms with E-state index >= 15 is 0 Å². The van der Waals surface area contributed by atoms with Crippen LogP contribution in [0.2, 0.25) is 0 Å². The molecule has 2 heterocycles. The molecule has 0 spiro atoms. The van der Waals surface area contributed by atoms with E-state index < -0.39 is 0 Å². The molecule has 7 heteroatoms. The fourth-order valence-corrected chi connectivity index (χ4v) is 3.17. The molecule has 1 aliphatic heterocycles. The van der Waals surface area contributed by atoms with Crippen molar-refractivity contribution in [3.63, 3.8) is 0 Å². The molecule has 1 aromatic carbocycles. The summed E-state index contributed by atoms with van der Waals surface area (Å²) in [5, 5.41) is 0. The Kier molecular flexibility index (Phi) is 6.11. The second kappa shape index (κ2) is 8.70. The molecule has 0 atom stereocenters. The lowest BCUT2D eigenvalue weighted by Gasteiger charge is -2.35. The average Bonchev–Trinajstić information content (AvgIpc) is 2.73. The molecule has 3 rings (SSSR count). The molecule has 144 valence electrons. The lowest BCUT2D eigenvalue weighted by Crippen LogP contribution is -2.49. The maximum atomic E-state index is 14.2. The Morgan fingerprint density at radius 1 is 1.11 bits per heavy atom. The fourth-order valence-electron chi connectivity index (χ4n) is 3.17.